The van der Waals surface area contributed by atoms with Gasteiger partial charge in [-0.1, -0.05) is 67.6 Å². The molecule has 2 unspecified atom stereocenters. The lowest BCUT2D eigenvalue weighted by atomic mass is 9.67. The summed E-state index contributed by atoms with van der Waals surface area (Å²) >= 11 is 0. The van der Waals surface area contributed by atoms with E-state index in [9.17, 15) is 5.26 Å². The van der Waals surface area contributed by atoms with Crippen molar-refractivity contribution in [3.8, 4) is 6.07 Å². The van der Waals surface area contributed by atoms with Crippen LogP contribution in [0.25, 0.3) is 0 Å². The molecule has 4 rings (SSSR count). The zero-order valence-corrected chi connectivity index (χ0v) is 19.3. The van der Waals surface area contributed by atoms with Crippen LogP contribution in [0.1, 0.15) is 56.6 Å². The number of quaternary nitrogens is 1. The zero-order chi connectivity index (χ0) is 19.6. The van der Waals surface area contributed by atoms with Crippen LogP contribution in [0.4, 0.5) is 0 Å². The van der Waals surface area contributed by atoms with E-state index in [4.69, 9.17) is 0 Å². The number of fused-ring (bicyclic) bond motifs is 2. The van der Waals surface area contributed by atoms with Crippen molar-refractivity contribution in [2.75, 3.05) is 13.6 Å². The second-order valence-corrected chi connectivity index (χ2v) is 9.25. The number of piperidine rings is 1. The average molecular weight is 453 g/mol. The Morgan fingerprint density at radius 1 is 0.931 bits per heavy atom. The first-order valence-corrected chi connectivity index (χ1v) is 11.0. The lowest BCUT2D eigenvalue weighted by molar-refractivity contribution is -0.949. The molecule has 2 aromatic carbocycles. The highest BCUT2D eigenvalue weighted by Crippen LogP contribution is 2.48. The molecule has 2 saturated heterocycles. The molecular weight excluding hydrogens is 420 g/mol. The smallest absolute Gasteiger partial charge is 0.107 e. The predicted molar refractivity (Wildman–Crippen MR) is 115 cm³/mol. The summed E-state index contributed by atoms with van der Waals surface area (Å²) in [6, 6.07) is 25.3. The van der Waals surface area contributed by atoms with E-state index in [2.05, 4.69) is 68.6 Å². The number of hydrogen-bond acceptors (Lipinski definition) is 1. The topological polar surface area (TPSA) is 23.8 Å². The molecular formula is C26H33BrN2. The zero-order valence-electron chi connectivity index (χ0n) is 17.7. The molecule has 2 bridgehead atoms. The highest BCUT2D eigenvalue weighted by molar-refractivity contribution is 5.45. The predicted octanol–water partition coefficient (Wildman–Crippen LogP) is 2.69. The van der Waals surface area contributed by atoms with E-state index in [1.54, 1.807) is 0 Å². The van der Waals surface area contributed by atoms with Gasteiger partial charge in [0.1, 0.15) is 5.41 Å². The van der Waals surface area contributed by atoms with Crippen molar-refractivity contribution in [1.29, 1.82) is 5.26 Å². The Kier molecular flexibility index (Phi) is 6.87. The van der Waals surface area contributed by atoms with Crippen LogP contribution < -0.4 is 17.0 Å². The fraction of sp³-hybridized carbons (Fsp3) is 0.500. The van der Waals surface area contributed by atoms with Gasteiger partial charge in [-0.15, -0.1) is 0 Å². The third kappa shape index (κ3) is 3.90. The SMILES string of the molecule is CCC[N+]1(C)C2CCC1CC(CC(C#N)(c1ccccc1)c1ccccc1)C2.[Br-]. The number of rotatable bonds is 6. The van der Waals surface area contributed by atoms with E-state index in [-0.39, 0.29) is 17.0 Å². The lowest BCUT2D eigenvalue weighted by Gasteiger charge is -2.48. The van der Waals surface area contributed by atoms with Gasteiger partial charge in [-0.2, -0.15) is 5.26 Å². The van der Waals surface area contributed by atoms with Crippen LogP contribution in [-0.4, -0.2) is 30.2 Å². The Morgan fingerprint density at radius 3 is 1.83 bits per heavy atom. The molecule has 0 saturated carbocycles. The van der Waals surface area contributed by atoms with Crippen LogP contribution in [0.15, 0.2) is 60.7 Å². The first-order chi connectivity index (χ1) is 13.6. The number of benzene rings is 2. The normalized spacial score (nSPS) is 28.4. The van der Waals surface area contributed by atoms with Crippen molar-refractivity contribution in [2.24, 2.45) is 5.92 Å². The monoisotopic (exact) mass is 452 g/mol. The first kappa shape index (κ1) is 22.1. The summed E-state index contributed by atoms with van der Waals surface area (Å²) in [4.78, 5) is 0. The molecule has 3 heteroatoms. The van der Waals surface area contributed by atoms with Crippen molar-refractivity contribution >= 4 is 0 Å². The van der Waals surface area contributed by atoms with E-state index in [1.165, 1.54) is 43.1 Å². The van der Waals surface area contributed by atoms with Gasteiger partial charge in [0, 0.05) is 25.7 Å². The third-order valence-corrected chi connectivity index (χ3v) is 7.74. The summed E-state index contributed by atoms with van der Waals surface area (Å²) < 4.78 is 1.28. The number of hydrogen-bond donors (Lipinski definition) is 0. The summed E-state index contributed by atoms with van der Waals surface area (Å²) in [5.74, 6) is 0.626. The summed E-state index contributed by atoms with van der Waals surface area (Å²) in [5.41, 5.74) is 1.75. The molecule has 2 aliphatic heterocycles. The van der Waals surface area contributed by atoms with Gasteiger partial charge in [-0.05, 0) is 29.9 Å². The minimum Gasteiger partial charge on any atom is -1.00 e. The Bertz CT molecular complexity index is 773. The molecule has 154 valence electrons. The van der Waals surface area contributed by atoms with Gasteiger partial charge in [0.15, 0.2) is 0 Å². The van der Waals surface area contributed by atoms with E-state index in [1.807, 2.05) is 12.1 Å². The maximum Gasteiger partial charge on any atom is 0.107 e. The van der Waals surface area contributed by atoms with Gasteiger partial charge in [0.05, 0.1) is 31.7 Å². The van der Waals surface area contributed by atoms with Crippen molar-refractivity contribution in [3.63, 3.8) is 0 Å². The molecule has 2 atom stereocenters. The quantitative estimate of drug-likeness (QED) is 0.618. The van der Waals surface area contributed by atoms with E-state index >= 15 is 0 Å². The lowest BCUT2D eigenvalue weighted by Crippen LogP contribution is -3.00. The Labute approximate surface area is 186 Å². The highest BCUT2D eigenvalue weighted by atomic mass is 79.9. The molecule has 0 N–H and O–H groups in total. The molecule has 0 aliphatic carbocycles. The molecule has 0 aromatic heterocycles. The van der Waals surface area contributed by atoms with Crippen molar-refractivity contribution < 1.29 is 21.5 Å². The molecule has 2 nitrogen and oxygen atoms in total. The summed E-state index contributed by atoms with van der Waals surface area (Å²) in [7, 11) is 2.49. The van der Waals surface area contributed by atoms with E-state index < -0.39 is 5.41 Å². The average Bonchev–Trinajstić information content (AvgIpc) is 2.90. The second-order valence-electron chi connectivity index (χ2n) is 9.25. The number of nitrogens with zero attached hydrogens (tertiary/aromatic N) is 2. The molecule has 2 heterocycles. The van der Waals surface area contributed by atoms with Crippen LogP contribution in [-0.2, 0) is 5.41 Å². The first-order valence-electron chi connectivity index (χ1n) is 11.0. The van der Waals surface area contributed by atoms with Gasteiger partial charge in [0.2, 0.25) is 0 Å². The standard InChI is InChI=1S/C26H33N2.BrH/c1-3-16-28(2)24-14-15-25(28)18-21(17-24)19-26(20-27,22-10-6-4-7-11-22)23-12-8-5-9-13-23;/h4-13,21,24-25H,3,14-19H2,1-2H3;1H/q+1;/p-1. The Hall–Kier alpha value is -1.63. The van der Waals surface area contributed by atoms with Gasteiger partial charge in [-0.3, -0.25) is 0 Å². The largest absolute Gasteiger partial charge is 1.00 e. The van der Waals surface area contributed by atoms with Crippen molar-refractivity contribution in [3.05, 3.63) is 71.8 Å². The van der Waals surface area contributed by atoms with Crippen LogP contribution in [0.5, 0.6) is 0 Å². The molecule has 29 heavy (non-hydrogen) atoms. The molecule has 0 amide bonds. The van der Waals surface area contributed by atoms with Crippen LogP contribution in [0.3, 0.4) is 0 Å². The third-order valence-electron chi connectivity index (χ3n) is 7.74. The maximum absolute atomic E-state index is 10.5. The van der Waals surface area contributed by atoms with Crippen LogP contribution in [0.2, 0.25) is 0 Å². The molecule has 2 aromatic rings. The van der Waals surface area contributed by atoms with Crippen LogP contribution >= 0.6 is 0 Å². The fourth-order valence-corrected chi connectivity index (χ4v) is 6.32. The number of nitriles is 1. The molecule has 2 aliphatic rings. The van der Waals surface area contributed by atoms with Crippen molar-refractivity contribution in [1.82, 2.24) is 0 Å². The summed E-state index contributed by atoms with van der Waals surface area (Å²) in [6.07, 6.45) is 7.50. The highest BCUT2D eigenvalue weighted by Gasteiger charge is 2.52. The molecule has 0 spiro atoms. The maximum atomic E-state index is 10.5. The van der Waals surface area contributed by atoms with Crippen LogP contribution in [0, 0.1) is 17.2 Å². The minimum atomic E-state index is -0.544. The Balaban J connectivity index is 0.00000240. The second kappa shape index (κ2) is 9.02. The van der Waals surface area contributed by atoms with Gasteiger partial charge in [0.25, 0.3) is 0 Å². The number of halogens is 1. The van der Waals surface area contributed by atoms with Gasteiger partial charge < -0.3 is 21.5 Å². The molecule has 2 fully saturated rings. The van der Waals surface area contributed by atoms with E-state index in [0.717, 1.165) is 29.6 Å². The van der Waals surface area contributed by atoms with Gasteiger partial charge >= 0.3 is 0 Å². The minimum absolute atomic E-state index is 0. The molecule has 0 radical (unpaired) electrons. The van der Waals surface area contributed by atoms with E-state index in [0.29, 0.717) is 5.92 Å². The fourth-order valence-electron chi connectivity index (χ4n) is 6.32. The summed E-state index contributed by atoms with van der Waals surface area (Å²) in [6.45, 7) is 3.63. The van der Waals surface area contributed by atoms with Gasteiger partial charge in [-0.25, -0.2) is 0 Å². The summed E-state index contributed by atoms with van der Waals surface area (Å²) in [5, 5.41) is 10.5. The van der Waals surface area contributed by atoms with Crippen molar-refractivity contribution in [2.45, 2.75) is 62.9 Å². The Morgan fingerprint density at radius 2 is 1.41 bits per heavy atom.